The minimum Gasteiger partial charge on any atom is -0.383 e. The third-order valence-corrected chi connectivity index (χ3v) is 5.44. The summed E-state index contributed by atoms with van der Waals surface area (Å²) in [7, 11) is 0. The van der Waals surface area contributed by atoms with Gasteiger partial charge in [0.25, 0.3) is 5.91 Å². The number of benzene rings is 2. The van der Waals surface area contributed by atoms with E-state index in [1.807, 2.05) is 13.0 Å². The molecule has 28 heavy (non-hydrogen) atoms. The minimum atomic E-state index is -0.531. The van der Waals surface area contributed by atoms with Crippen LogP contribution < -0.4 is 10.6 Å². The van der Waals surface area contributed by atoms with E-state index in [9.17, 15) is 10.1 Å². The number of nitrogens with one attached hydrogen (secondary N) is 2. The zero-order valence-corrected chi connectivity index (χ0v) is 17.1. The molecule has 1 unspecified atom stereocenters. The molecule has 0 radical (unpaired) electrons. The number of rotatable bonds is 5. The fourth-order valence-electron chi connectivity index (χ4n) is 3.26. The van der Waals surface area contributed by atoms with Gasteiger partial charge in [0, 0.05) is 17.3 Å². The van der Waals surface area contributed by atoms with Gasteiger partial charge in [0.05, 0.1) is 10.7 Å². The number of hydrogen-bond donors (Lipinski definition) is 2. The Morgan fingerprint density at radius 2 is 1.89 bits per heavy atom. The first-order chi connectivity index (χ1) is 13.5. The monoisotopic (exact) mass is 413 g/mol. The van der Waals surface area contributed by atoms with Gasteiger partial charge < -0.3 is 10.6 Å². The van der Waals surface area contributed by atoms with E-state index in [2.05, 4.69) is 28.8 Å². The molecule has 0 bridgehead atoms. The standard InChI is InChI=1S/C22H21Cl2N3O/c1-14(16-7-6-15-4-2-3-5-17(15)10-16)26-13-18(12-25)22(28)27-21-9-8-19(23)11-20(21)24/h6-11,13-14,26H,2-5H2,1H3,(H,27,28)/b18-13-. The topological polar surface area (TPSA) is 64.9 Å². The Kier molecular flexibility index (Phi) is 6.61. The van der Waals surface area contributed by atoms with Gasteiger partial charge in [-0.15, -0.1) is 0 Å². The van der Waals surface area contributed by atoms with Gasteiger partial charge >= 0.3 is 0 Å². The first-order valence-electron chi connectivity index (χ1n) is 9.22. The van der Waals surface area contributed by atoms with Crippen molar-refractivity contribution >= 4 is 34.8 Å². The molecule has 1 amide bonds. The van der Waals surface area contributed by atoms with Crippen molar-refractivity contribution in [2.75, 3.05) is 5.32 Å². The van der Waals surface area contributed by atoms with Crippen molar-refractivity contribution in [3.63, 3.8) is 0 Å². The van der Waals surface area contributed by atoms with E-state index in [0.717, 1.165) is 18.4 Å². The molecule has 6 heteroatoms. The summed E-state index contributed by atoms with van der Waals surface area (Å²) in [5.41, 5.74) is 4.33. The first-order valence-corrected chi connectivity index (χ1v) is 9.98. The van der Waals surface area contributed by atoms with Crippen molar-refractivity contribution in [1.29, 1.82) is 5.26 Å². The summed E-state index contributed by atoms with van der Waals surface area (Å²) in [6, 6.07) is 13.2. The van der Waals surface area contributed by atoms with Crippen LogP contribution in [0, 0.1) is 11.3 Å². The number of carbonyl (C=O) groups excluding carboxylic acids is 1. The van der Waals surface area contributed by atoms with E-state index in [1.54, 1.807) is 12.1 Å². The van der Waals surface area contributed by atoms with Crippen molar-refractivity contribution in [2.45, 2.75) is 38.6 Å². The lowest BCUT2D eigenvalue weighted by molar-refractivity contribution is -0.112. The molecule has 144 valence electrons. The predicted molar refractivity (Wildman–Crippen MR) is 113 cm³/mol. The average molecular weight is 414 g/mol. The van der Waals surface area contributed by atoms with Crippen LogP contribution in [-0.4, -0.2) is 5.91 Å². The molecular weight excluding hydrogens is 393 g/mol. The molecule has 2 aromatic rings. The molecule has 1 aliphatic carbocycles. The lowest BCUT2D eigenvalue weighted by atomic mass is 9.89. The van der Waals surface area contributed by atoms with Crippen molar-refractivity contribution in [3.8, 4) is 6.07 Å². The van der Waals surface area contributed by atoms with Crippen LogP contribution in [0.2, 0.25) is 10.0 Å². The van der Waals surface area contributed by atoms with Crippen LogP contribution in [0.3, 0.4) is 0 Å². The zero-order chi connectivity index (χ0) is 20.1. The summed E-state index contributed by atoms with van der Waals surface area (Å²) in [6.45, 7) is 2.00. The Bertz CT molecular complexity index is 963. The summed E-state index contributed by atoms with van der Waals surface area (Å²) < 4.78 is 0. The molecule has 4 nitrogen and oxygen atoms in total. The van der Waals surface area contributed by atoms with Crippen molar-refractivity contribution in [2.24, 2.45) is 0 Å². The molecule has 0 saturated heterocycles. The van der Waals surface area contributed by atoms with Gasteiger partial charge in [-0.05, 0) is 67.5 Å². The van der Waals surface area contributed by atoms with Gasteiger partial charge in [-0.2, -0.15) is 5.26 Å². The molecule has 0 saturated carbocycles. The second-order valence-corrected chi connectivity index (χ2v) is 7.72. The Morgan fingerprint density at radius 1 is 1.14 bits per heavy atom. The summed E-state index contributed by atoms with van der Waals surface area (Å²) in [5.74, 6) is -0.531. The molecule has 2 aromatic carbocycles. The Morgan fingerprint density at radius 3 is 2.61 bits per heavy atom. The molecule has 1 aliphatic rings. The van der Waals surface area contributed by atoms with Crippen molar-refractivity contribution in [3.05, 3.63) is 74.9 Å². The summed E-state index contributed by atoms with van der Waals surface area (Å²) in [4.78, 5) is 12.4. The zero-order valence-electron chi connectivity index (χ0n) is 15.6. The molecule has 0 aliphatic heterocycles. The van der Waals surface area contributed by atoms with Gasteiger partial charge in [-0.3, -0.25) is 4.79 Å². The maximum Gasteiger partial charge on any atom is 0.267 e. The van der Waals surface area contributed by atoms with E-state index in [0.29, 0.717) is 15.7 Å². The lowest BCUT2D eigenvalue weighted by Crippen LogP contribution is -2.19. The van der Waals surface area contributed by atoms with Crippen LogP contribution in [-0.2, 0) is 17.6 Å². The summed E-state index contributed by atoms with van der Waals surface area (Å²) >= 11 is 11.9. The highest BCUT2D eigenvalue weighted by molar-refractivity contribution is 6.36. The van der Waals surface area contributed by atoms with E-state index >= 15 is 0 Å². The molecule has 2 N–H and O–H groups in total. The quantitative estimate of drug-likeness (QED) is 0.497. The second-order valence-electron chi connectivity index (χ2n) is 6.87. The Labute approximate surface area is 175 Å². The molecule has 0 fully saturated rings. The largest absolute Gasteiger partial charge is 0.383 e. The maximum absolute atomic E-state index is 12.4. The SMILES string of the molecule is CC(N/C=C(/C#N)C(=O)Nc1ccc(Cl)cc1Cl)c1ccc2c(c1)CCCC2. The Hall–Kier alpha value is -2.48. The van der Waals surface area contributed by atoms with Crippen LogP contribution in [0.4, 0.5) is 5.69 Å². The number of carbonyl (C=O) groups is 1. The number of fused-ring (bicyclic) bond motifs is 1. The number of anilines is 1. The van der Waals surface area contributed by atoms with E-state index in [4.69, 9.17) is 23.2 Å². The van der Waals surface area contributed by atoms with Crippen LogP contribution in [0.1, 0.15) is 42.5 Å². The maximum atomic E-state index is 12.4. The predicted octanol–water partition coefficient (Wildman–Crippen LogP) is 5.57. The number of amides is 1. The fourth-order valence-corrected chi connectivity index (χ4v) is 3.71. The van der Waals surface area contributed by atoms with Crippen LogP contribution in [0.5, 0.6) is 0 Å². The molecule has 1 atom stereocenters. The van der Waals surface area contributed by atoms with Crippen molar-refractivity contribution < 1.29 is 4.79 Å². The van der Waals surface area contributed by atoms with Crippen LogP contribution in [0.15, 0.2) is 48.2 Å². The molecule has 0 heterocycles. The summed E-state index contributed by atoms with van der Waals surface area (Å²) in [5, 5.41) is 15.9. The number of aryl methyl sites for hydroxylation is 2. The highest BCUT2D eigenvalue weighted by atomic mass is 35.5. The van der Waals surface area contributed by atoms with Gasteiger partial charge in [0.2, 0.25) is 0 Å². The minimum absolute atomic E-state index is 0.0255. The molecule has 3 rings (SSSR count). The van der Waals surface area contributed by atoms with Crippen molar-refractivity contribution in [1.82, 2.24) is 5.32 Å². The number of hydrogen-bond acceptors (Lipinski definition) is 3. The molecule has 0 aromatic heterocycles. The molecule has 0 spiro atoms. The van der Waals surface area contributed by atoms with Gasteiger partial charge in [0.15, 0.2) is 0 Å². The highest BCUT2D eigenvalue weighted by Gasteiger charge is 2.14. The lowest BCUT2D eigenvalue weighted by Gasteiger charge is -2.19. The van der Waals surface area contributed by atoms with Crippen LogP contribution >= 0.6 is 23.2 Å². The fraction of sp³-hybridized carbons (Fsp3) is 0.273. The van der Waals surface area contributed by atoms with E-state index < -0.39 is 5.91 Å². The number of halogens is 2. The summed E-state index contributed by atoms with van der Waals surface area (Å²) in [6.07, 6.45) is 6.18. The number of nitrogens with zero attached hydrogens (tertiary/aromatic N) is 1. The average Bonchev–Trinajstić information content (AvgIpc) is 2.70. The van der Waals surface area contributed by atoms with Crippen LogP contribution in [0.25, 0.3) is 0 Å². The third-order valence-electron chi connectivity index (χ3n) is 4.89. The van der Waals surface area contributed by atoms with E-state index in [-0.39, 0.29) is 11.6 Å². The first kappa shape index (κ1) is 20.3. The van der Waals surface area contributed by atoms with Gasteiger partial charge in [-0.1, -0.05) is 41.4 Å². The smallest absolute Gasteiger partial charge is 0.267 e. The Balaban J connectivity index is 1.68. The second kappa shape index (κ2) is 9.14. The third kappa shape index (κ3) is 4.86. The number of nitriles is 1. The van der Waals surface area contributed by atoms with E-state index in [1.165, 1.54) is 36.2 Å². The normalized spacial score (nSPS) is 14.6. The highest BCUT2D eigenvalue weighted by Crippen LogP contribution is 2.26. The molecular formula is C22H21Cl2N3O. The van der Waals surface area contributed by atoms with Gasteiger partial charge in [0.1, 0.15) is 11.6 Å². The van der Waals surface area contributed by atoms with Gasteiger partial charge in [-0.25, -0.2) is 0 Å².